The normalized spacial score (nSPS) is 43.5. The maximum Gasteiger partial charge on any atom is 0.410 e. The van der Waals surface area contributed by atoms with Gasteiger partial charge >= 0.3 is 6.09 Å². The van der Waals surface area contributed by atoms with Gasteiger partial charge in [0.05, 0.1) is 0 Å². The predicted molar refractivity (Wildman–Crippen MR) is 91.1 cm³/mol. The Morgan fingerprint density at radius 3 is 2.30 bits per heavy atom. The summed E-state index contributed by atoms with van der Waals surface area (Å²) in [5, 5.41) is 0. The summed E-state index contributed by atoms with van der Waals surface area (Å²) in [6.07, 6.45) is 11.3. The van der Waals surface area contributed by atoms with Crippen molar-refractivity contribution in [2.75, 3.05) is 13.1 Å². The first-order valence-electron chi connectivity index (χ1n) is 10.1. The van der Waals surface area contributed by atoms with E-state index < -0.39 is 0 Å². The third-order valence-electron chi connectivity index (χ3n) is 7.85. The molecular weight excluding hydrogens is 286 g/mol. The van der Waals surface area contributed by atoms with Crippen LogP contribution in [-0.2, 0) is 4.74 Å². The summed E-state index contributed by atoms with van der Waals surface area (Å²) in [5.74, 6) is 4.05. The first-order valence-corrected chi connectivity index (χ1v) is 10.1. The van der Waals surface area contributed by atoms with Crippen LogP contribution in [-0.4, -0.2) is 29.7 Å². The monoisotopic (exact) mass is 319 g/mol. The second kappa shape index (κ2) is 5.97. The largest absolute Gasteiger partial charge is 0.442 e. The van der Waals surface area contributed by atoms with Gasteiger partial charge in [0, 0.05) is 13.1 Å². The summed E-state index contributed by atoms with van der Waals surface area (Å²) in [6, 6.07) is 0. The molecule has 1 aliphatic heterocycles. The van der Waals surface area contributed by atoms with Crippen LogP contribution in [0, 0.1) is 29.6 Å². The van der Waals surface area contributed by atoms with E-state index in [-0.39, 0.29) is 11.7 Å². The van der Waals surface area contributed by atoms with Crippen molar-refractivity contribution in [1.29, 1.82) is 0 Å². The number of ether oxygens (including phenoxy) is 1. The van der Waals surface area contributed by atoms with E-state index in [9.17, 15) is 4.79 Å². The molecule has 4 rings (SSSR count). The highest BCUT2D eigenvalue weighted by Gasteiger charge is 2.59. The molecule has 1 saturated heterocycles. The minimum absolute atomic E-state index is 0.0164. The van der Waals surface area contributed by atoms with Gasteiger partial charge in [-0.05, 0) is 87.4 Å². The standard InChI is InChI=1S/C20H33NO2/c1-3-14(2)20(23-19(22)21-9-5-4-6-10-21)12-17-15-7-8-16(11-15)18(17)13-20/h14-18H,3-13H2,1-2H3. The van der Waals surface area contributed by atoms with E-state index in [2.05, 4.69) is 13.8 Å². The molecule has 1 amide bonds. The molecule has 0 aromatic heterocycles. The number of piperidine rings is 1. The molecule has 2 bridgehead atoms. The van der Waals surface area contributed by atoms with Gasteiger partial charge < -0.3 is 9.64 Å². The van der Waals surface area contributed by atoms with E-state index in [0.717, 1.165) is 68.9 Å². The molecule has 4 aliphatic rings. The minimum atomic E-state index is -0.167. The Morgan fingerprint density at radius 1 is 1.13 bits per heavy atom. The molecule has 0 aromatic rings. The second-order valence-corrected chi connectivity index (χ2v) is 8.86. The van der Waals surface area contributed by atoms with Gasteiger partial charge in [0.15, 0.2) is 0 Å². The SMILES string of the molecule is CCC(C)C1(OC(=O)N2CCCCC2)CC2C3CCC(C3)C2C1. The first-order chi connectivity index (χ1) is 11.1. The van der Waals surface area contributed by atoms with Crippen LogP contribution in [0.4, 0.5) is 4.79 Å². The molecule has 23 heavy (non-hydrogen) atoms. The van der Waals surface area contributed by atoms with E-state index in [0.29, 0.717) is 5.92 Å². The molecule has 130 valence electrons. The van der Waals surface area contributed by atoms with E-state index in [1.165, 1.54) is 25.7 Å². The molecule has 4 fully saturated rings. The molecule has 3 nitrogen and oxygen atoms in total. The molecule has 1 heterocycles. The quantitative estimate of drug-likeness (QED) is 0.744. The number of amides is 1. The Kier molecular flexibility index (Phi) is 4.09. The number of carbonyl (C=O) groups is 1. The molecule has 0 radical (unpaired) electrons. The second-order valence-electron chi connectivity index (χ2n) is 8.86. The molecule has 3 saturated carbocycles. The number of fused-ring (bicyclic) bond motifs is 5. The predicted octanol–water partition coefficient (Wildman–Crippen LogP) is 4.85. The number of nitrogens with zero attached hydrogens (tertiary/aromatic N) is 1. The maximum absolute atomic E-state index is 12.8. The zero-order valence-corrected chi connectivity index (χ0v) is 14.9. The van der Waals surface area contributed by atoms with Crippen molar-refractivity contribution in [2.45, 2.75) is 77.2 Å². The lowest BCUT2D eigenvalue weighted by Gasteiger charge is -2.38. The summed E-state index contributed by atoms with van der Waals surface area (Å²) < 4.78 is 6.34. The van der Waals surface area contributed by atoms with Crippen molar-refractivity contribution in [3.63, 3.8) is 0 Å². The van der Waals surface area contributed by atoms with Gasteiger partial charge in [0.25, 0.3) is 0 Å². The van der Waals surface area contributed by atoms with Gasteiger partial charge in [-0.2, -0.15) is 0 Å². The molecule has 3 aliphatic carbocycles. The third-order valence-corrected chi connectivity index (χ3v) is 7.85. The number of carbonyl (C=O) groups excluding carboxylic acids is 1. The smallest absolute Gasteiger partial charge is 0.410 e. The molecule has 0 N–H and O–H groups in total. The fraction of sp³-hybridized carbons (Fsp3) is 0.950. The third kappa shape index (κ3) is 2.59. The highest BCUT2D eigenvalue weighted by atomic mass is 16.6. The van der Waals surface area contributed by atoms with Gasteiger partial charge in [0.2, 0.25) is 0 Å². The van der Waals surface area contributed by atoms with Gasteiger partial charge in [-0.1, -0.05) is 13.8 Å². The van der Waals surface area contributed by atoms with Crippen LogP contribution in [0.5, 0.6) is 0 Å². The summed E-state index contributed by atoms with van der Waals surface area (Å²) in [7, 11) is 0. The Hall–Kier alpha value is -0.730. The Labute approximate surface area is 141 Å². The number of rotatable bonds is 3. The fourth-order valence-corrected chi connectivity index (χ4v) is 6.32. The molecule has 0 aromatic carbocycles. The molecule has 3 heteroatoms. The zero-order chi connectivity index (χ0) is 16.0. The minimum Gasteiger partial charge on any atom is -0.442 e. The lowest BCUT2D eigenvalue weighted by molar-refractivity contribution is -0.0502. The lowest BCUT2D eigenvalue weighted by atomic mass is 9.82. The van der Waals surface area contributed by atoms with Crippen molar-refractivity contribution in [3.8, 4) is 0 Å². The van der Waals surface area contributed by atoms with Gasteiger partial charge in [-0.25, -0.2) is 4.79 Å². The van der Waals surface area contributed by atoms with Crippen molar-refractivity contribution >= 4 is 6.09 Å². The van der Waals surface area contributed by atoms with Crippen molar-refractivity contribution < 1.29 is 9.53 Å². The van der Waals surface area contributed by atoms with Gasteiger partial charge in [-0.3, -0.25) is 0 Å². The number of hydrogen-bond donors (Lipinski definition) is 0. The van der Waals surface area contributed by atoms with Crippen LogP contribution in [0.25, 0.3) is 0 Å². The van der Waals surface area contributed by atoms with E-state index in [4.69, 9.17) is 4.74 Å². The van der Waals surface area contributed by atoms with E-state index in [1.54, 1.807) is 0 Å². The van der Waals surface area contributed by atoms with Crippen LogP contribution in [0.15, 0.2) is 0 Å². The summed E-state index contributed by atoms with van der Waals surface area (Å²) in [4.78, 5) is 14.8. The van der Waals surface area contributed by atoms with E-state index in [1.807, 2.05) is 4.90 Å². The topological polar surface area (TPSA) is 29.5 Å². The number of likely N-dealkylation sites (tertiary alicyclic amines) is 1. The van der Waals surface area contributed by atoms with Crippen LogP contribution in [0.3, 0.4) is 0 Å². The molecular formula is C20H33NO2. The van der Waals surface area contributed by atoms with Crippen LogP contribution >= 0.6 is 0 Å². The molecule has 5 atom stereocenters. The average molecular weight is 319 g/mol. The average Bonchev–Trinajstić information content (AvgIpc) is 3.26. The Balaban J connectivity index is 1.50. The van der Waals surface area contributed by atoms with Gasteiger partial charge in [-0.15, -0.1) is 0 Å². The zero-order valence-electron chi connectivity index (χ0n) is 14.9. The van der Waals surface area contributed by atoms with Crippen molar-refractivity contribution in [1.82, 2.24) is 4.90 Å². The van der Waals surface area contributed by atoms with Gasteiger partial charge in [0.1, 0.15) is 5.60 Å². The van der Waals surface area contributed by atoms with Crippen LogP contribution < -0.4 is 0 Å². The Bertz CT molecular complexity index is 439. The molecule has 0 spiro atoms. The summed E-state index contributed by atoms with van der Waals surface area (Å²) in [6.45, 7) is 6.36. The summed E-state index contributed by atoms with van der Waals surface area (Å²) >= 11 is 0. The van der Waals surface area contributed by atoms with Crippen LogP contribution in [0.2, 0.25) is 0 Å². The fourth-order valence-electron chi connectivity index (χ4n) is 6.32. The number of hydrogen-bond acceptors (Lipinski definition) is 2. The Morgan fingerprint density at radius 2 is 1.74 bits per heavy atom. The maximum atomic E-state index is 12.8. The van der Waals surface area contributed by atoms with Crippen LogP contribution in [0.1, 0.15) is 71.6 Å². The highest BCUT2D eigenvalue weighted by molar-refractivity contribution is 5.68. The van der Waals surface area contributed by atoms with Crippen molar-refractivity contribution in [2.24, 2.45) is 29.6 Å². The highest BCUT2D eigenvalue weighted by Crippen LogP contribution is 2.63. The van der Waals surface area contributed by atoms with Crippen molar-refractivity contribution in [3.05, 3.63) is 0 Å². The molecule has 5 unspecified atom stereocenters. The van der Waals surface area contributed by atoms with E-state index >= 15 is 0 Å². The summed E-state index contributed by atoms with van der Waals surface area (Å²) in [5.41, 5.74) is -0.167. The first kappa shape index (κ1) is 15.8. The lowest BCUT2D eigenvalue weighted by Crippen LogP contribution is -2.45.